The highest BCUT2D eigenvalue weighted by Gasteiger charge is 2.16. The first kappa shape index (κ1) is 12.7. The number of aliphatic hydroxyl groups is 2. The first-order chi connectivity index (χ1) is 7.45. The van der Waals surface area contributed by atoms with Crippen molar-refractivity contribution in [3.63, 3.8) is 0 Å². The van der Waals surface area contributed by atoms with Gasteiger partial charge in [0.05, 0.1) is 11.3 Å². The second-order valence-corrected chi connectivity index (χ2v) is 3.30. The number of nitrogens with one attached hydrogen (secondary N) is 1. The maximum atomic E-state index is 13.4. The van der Waals surface area contributed by atoms with Crippen LogP contribution in [0.2, 0.25) is 0 Å². The highest BCUT2D eigenvalue weighted by molar-refractivity contribution is 5.53. The number of hydrogen-bond acceptors (Lipinski definition) is 5. The molecule has 0 amide bonds. The Labute approximate surface area is 92.1 Å². The number of benzene rings is 1. The van der Waals surface area contributed by atoms with Crippen molar-refractivity contribution in [1.82, 2.24) is 0 Å². The van der Waals surface area contributed by atoms with E-state index in [0.29, 0.717) is 0 Å². The van der Waals surface area contributed by atoms with Crippen molar-refractivity contribution in [2.45, 2.75) is 19.4 Å². The second-order valence-electron chi connectivity index (χ2n) is 3.30. The average Bonchev–Trinajstić information content (AvgIpc) is 2.21. The van der Waals surface area contributed by atoms with E-state index < -0.39 is 18.3 Å². The first-order valence-electron chi connectivity index (χ1n) is 4.63. The third-order valence-corrected chi connectivity index (χ3v) is 1.97. The summed E-state index contributed by atoms with van der Waals surface area (Å²) in [7, 11) is 1.23. The molecule has 4 N–H and O–H groups in total. The average molecular weight is 231 g/mol. The fourth-order valence-corrected chi connectivity index (χ4v) is 1.24. The highest BCUT2D eigenvalue weighted by atomic mass is 19.1. The molecule has 1 aromatic rings. The van der Waals surface area contributed by atoms with Crippen molar-refractivity contribution in [2.75, 3.05) is 12.4 Å². The first-order valence-corrected chi connectivity index (χ1v) is 4.63. The summed E-state index contributed by atoms with van der Waals surface area (Å²) in [4.78, 5) is 0. The molecule has 90 valence electrons. The van der Waals surface area contributed by atoms with Crippen LogP contribution in [-0.4, -0.2) is 28.7 Å². The zero-order valence-electron chi connectivity index (χ0n) is 8.94. The standard InChI is InChI=1S/C10H14FNO4/c1-5(13)12-8-4-9(14)6(3-7(8)11)10(15)16-2/h3-5,10,12-15H,1-2H3. The van der Waals surface area contributed by atoms with Crippen LogP contribution in [0.1, 0.15) is 18.8 Å². The van der Waals surface area contributed by atoms with Crippen LogP contribution in [0, 0.1) is 5.82 Å². The van der Waals surface area contributed by atoms with Gasteiger partial charge in [-0.25, -0.2) is 4.39 Å². The van der Waals surface area contributed by atoms with Crippen LogP contribution in [0.3, 0.4) is 0 Å². The molecule has 2 unspecified atom stereocenters. The Morgan fingerprint density at radius 3 is 2.50 bits per heavy atom. The molecule has 2 atom stereocenters. The van der Waals surface area contributed by atoms with Gasteiger partial charge < -0.3 is 25.4 Å². The molecule has 1 rings (SSSR count). The van der Waals surface area contributed by atoms with Gasteiger partial charge in [-0.05, 0) is 13.0 Å². The normalized spacial score (nSPS) is 14.6. The van der Waals surface area contributed by atoms with Gasteiger partial charge >= 0.3 is 0 Å². The van der Waals surface area contributed by atoms with Crippen LogP contribution >= 0.6 is 0 Å². The summed E-state index contributed by atoms with van der Waals surface area (Å²) >= 11 is 0. The van der Waals surface area contributed by atoms with Gasteiger partial charge in [0.2, 0.25) is 0 Å². The van der Waals surface area contributed by atoms with Crippen LogP contribution in [0.5, 0.6) is 5.75 Å². The van der Waals surface area contributed by atoms with E-state index in [4.69, 9.17) is 5.11 Å². The number of phenolic OH excluding ortho intramolecular Hbond substituents is 1. The molecule has 0 saturated carbocycles. The van der Waals surface area contributed by atoms with Crippen molar-refractivity contribution in [3.8, 4) is 5.75 Å². The lowest BCUT2D eigenvalue weighted by Crippen LogP contribution is -2.14. The van der Waals surface area contributed by atoms with Gasteiger partial charge in [-0.3, -0.25) is 0 Å². The molecule has 16 heavy (non-hydrogen) atoms. The van der Waals surface area contributed by atoms with E-state index in [2.05, 4.69) is 10.1 Å². The van der Waals surface area contributed by atoms with Crippen LogP contribution < -0.4 is 5.32 Å². The maximum absolute atomic E-state index is 13.4. The van der Waals surface area contributed by atoms with E-state index >= 15 is 0 Å². The zero-order valence-corrected chi connectivity index (χ0v) is 8.94. The van der Waals surface area contributed by atoms with E-state index in [0.717, 1.165) is 12.1 Å². The number of methoxy groups -OCH3 is 1. The molecular weight excluding hydrogens is 217 g/mol. The molecule has 0 heterocycles. The summed E-state index contributed by atoms with van der Waals surface area (Å²) in [6.45, 7) is 1.41. The minimum atomic E-state index is -1.39. The van der Waals surface area contributed by atoms with Crippen LogP contribution in [0.15, 0.2) is 12.1 Å². The number of aliphatic hydroxyl groups excluding tert-OH is 2. The van der Waals surface area contributed by atoms with E-state index in [1.54, 1.807) is 0 Å². The van der Waals surface area contributed by atoms with E-state index in [9.17, 15) is 14.6 Å². The minimum absolute atomic E-state index is 0.0560. The highest BCUT2D eigenvalue weighted by Crippen LogP contribution is 2.30. The number of rotatable bonds is 4. The Morgan fingerprint density at radius 1 is 1.38 bits per heavy atom. The molecule has 0 aliphatic heterocycles. The van der Waals surface area contributed by atoms with E-state index in [-0.39, 0.29) is 17.0 Å². The molecule has 0 aliphatic carbocycles. The molecule has 0 saturated heterocycles. The number of anilines is 1. The second kappa shape index (κ2) is 5.11. The third kappa shape index (κ3) is 2.82. The van der Waals surface area contributed by atoms with Gasteiger partial charge in [-0.1, -0.05) is 0 Å². The SMILES string of the molecule is COC(O)c1cc(F)c(NC(C)O)cc1O. The smallest absolute Gasteiger partial charge is 0.184 e. The summed E-state index contributed by atoms with van der Waals surface area (Å²) in [5.41, 5.74) is -0.129. The lowest BCUT2D eigenvalue weighted by molar-refractivity contribution is -0.0782. The fourth-order valence-electron chi connectivity index (χ4n) is 1.24. The van der Waals surface area contributed by atoms with E-state index in [1.807, 2.05) is 0 Å². The topological polar surface area (TPSA) is 82.0 Å². The molecule has 6 heteroatoms. The summed E-state index contributed by atoms with van der Waals surface area (Å²) in [5, 5.41) is 30.2. The molecule has 0 fully saturated rings. The van der Waals surface area contributed by atoms with Gasteiger partial charge in [0.15, 0.2) is 6.29 Å². The fraction of sp³-hybridized carbons (Fsp3) is 0.400. The van der Waals surface area contributed by atoms with Gasteiger partial charge in [0, 0.05) is 13.2 Å². The monoisotopic (exact) mass is 231 g/mol. The summed E-state index contributed by atoms with van der Waals surface area (Å²) in [6, 6.07) is 2.01. The molecule has 0 aliphatic rings. The summed E-state index contributed by atoms with van der Waals surface area (Å²) in [5.74, 6) is -1.02. The van der Waals surface area contributed by atoms with Crippen LogP contribution in [0.25, 0.3) is 0 Å². The molecular formula is C10H14FNO4. The molecule has 0 radical (unpaired) electrons. The molecule has 0 spiro atoms. The number of halogens is 1. The Bertz CT molecular complexity index is 370. The largest absolute Gasteiger partial charge is 0.507 e. The zero-order chi connectivity index (χ0) is 12.3. The van der Waals surface area contributed by atoms with Crippen LogP contribution in [0.4, 0.5) is 10.1 Å². The Hall–Kier alpha value is -1.37. The van der Waals surface area contributed by atoms with Crippen molar-refractivity contribution < 1.29 is 24.4 Å². The predicted octanol–water partition coefficient (Wildman–Crippen LogP) is 0.919. The van der Waals surface area contributed by atoms with Crippen LogP contribution in [-0.2, 0) is 4.74 Å². The summed E-state index contributed by atoms with van der Waals surface area (Å²) < 4.78 is 18.0. The number of aromatic hydroxyl groups is 1. The summed E-state index contributed by atoms with van der Waals surface area (Å²) in [6.07, 6.45) is -2.35. The third-order valence-electron chi connectivity index (χ3n) is 1.97. The number of phenols is 1. The minimum Gasteiger partial charge on any atom is -0.507 e. The van der Waals surface area contributed by atoms with Crippen molar-refractivity contribution in [1.29, 1.82) is 0 Å². The molecule has 0 aromatic heterocycles. The van der Waals surface area contributed by atoms with Gasteiger partial charge in [-0.2, -0.15) is 0 Å². The van der Waals surface area contributed by atoms with Gasteiger partial charge in [-0.15, -0.1) is 0 Å². The van der Waals surface area contributed by atoms with E-state index in [1.165, 1.54) is 14.0 Å². The lowest BCUT2D eigenvalue weighted by atomic mass is 10.1. The Morgan fingerprint density at radius 2 is 2.00 bits per heavy atom. The number of ether oxygens (including phenoxy) is 1. The van der Waals surface area contributed by atoms with Crippen molar-refractivity contribution in [2.24, 2.45) is 0 Å². The Balaban J connectivity index is 3.06. The molecule has 0 bridgehead atoms. The molecule has 1 aromatic carbocycles. The maximum Gasteiger partial charge on any atom is 0.184 e. The number of hydrogen-bond donors (Lipinski definition) is 4. The van der Waals surface area contributed by atoms with Crippen molar-refractivity contribution >= 4 is 5.69 Å². The lowest BCUT2D eigenvalue weighted by Gasteiger charge is -2.15. The quantitative estimate of drug-likeness (QED) is 0.579. The van der Waals surface area contributed by atoms with Gasteiger partial charge in [0.25, 0.3) is 0 Å². The molecule has 5 nitrogen and oxygen atoms in total. The predicted molar refractivity (Wildman–Crippen MR) is 55.3 cm³/mol. The Kier molecular flexibility index (Phi) is 4.05. The van der Waals surface area contributed by atoms with Crippen molar-refractivity contribution in [3.05, 3.63) is 23.5 Å². The van der Waals surface area contributed by atoms with Gasteiger partial charge in [0.1, 0.15) is 17.8 Å².